The average molecular weight is 492 g/mol. The van der Waals surface area contributed by atoms with Crippen LogP contribution in [0.5, 0.6) is 11.5 Å². The highest BCUT2D eigenvalue weighted by atomic mass is 79.9. The Morgan fingerprint density at radius 3 is 2.44 bits per heavy atom. The first-order chi connectivity index (χ1) is 15.5. The van der Waals surface area contributed by atoms with Crippen LogP contribution in [-0.2, 0) is 16.1 Å². The number of benzene rings is 3. The smallest absolute Gasteiger partial charge is 0.363 e. The minimum absolute atomic E-state index is 0.242. The van der Waals surface area contributed by atoms with Gasteiger partial charge < -0.3 is 14.2 Å². The highest BCUT2D eigenvalue weighted by Gasteiger charge is 2.24. The van der Waals surface area contributed by atoms with Gasteiger partial charge in [-0.1, -0.05) is 51.8 Å². The topological polar surface area (TPSA) is 57.1 Å². The van der Waals surface area contributed by atoms with E-state index in [-0.39, 0.29) is 5.70 Å². The molecule has 0 bridgehead atoms. The van der Waals surface area contributed by atoms with E-state index in [1.54, 1.807) is 6.08 Å². The molecule has 0 aliphatic carbocycles. The zero-order valence-corrected chi connectivity index (χ0v) is 19.4. The number of aliphatic imine (C=N–C) groups is 1. The summed E-state index contributed by atoms with van der Waals surface area (Å²) in [4.78, 5) is 16.7. The highest BCUT2D eigenvalue weighted by Crippen LogP contribution is 2.31. The molecule has 0 fully saturated rings. The number of nitrogens with zero attached hydrogens (tertiary/aromatic N) is 1. The monoisotopic (exact) mass is 491 g/mol. The zero-order valence-electron chi connectivity index (χ0n) is 17.8. The molecule has 0 saturated carbocycles. The molecule has 6 heteroatoms. The molecule has 0 radical (unpaired) electrons. The van der Waals surface area contributed by atoms with Gasteiger partial charge in [0.05, 0.1) is 6.61 Å². The van der Waals surface area contributed by atoms with Crippen molar-refractivity contribution in [3.8, 4) is 11.5 Å². The largest absolute Gasteiger partial charge is 0.490 e. The fourth-order valence-corrected chi connectivity index (χ4v) is 3.39. The Kier molecular flexibility index (Phi) is 6.71. The van der Waals surface area contributed by atoms with Crippen molar-refractivity contribution in [2.24, 2.45) is 4.99 Å². The summed E-state index contributed by atoms with van der Waals surface area (Å²) in [7, 11) is 0. The Labute approximate surface area is 195 Å². The van der Waals surface area contributed by atoms with E-state index in [1.807, 2.05) is 80.6 Å². The van der Waals surface area contributed by atoms with Crippen molar-refractivity contribution in [1.82, 2.24) is 0 Å². The van der Waals surface area contributed by atoms with Crippen LogP contribution in [0.2, 0.25) is 0 Å². The van der Waals surface area contributed by atoms with Crippen molar-refractivity contribution in [3.05, 3.63) is 99.2 Å². The molecule has 0 amide bonds. The number of hydrogen-bond donors (Lipinski definition) is 0. The molecule has 0 N–H and O–H groups in total. The van der Waals surface area contributed by atoms with E-state index < -0.39 is 5.97 Å². The van der Waals surface area contributed by atoms with E-state index in [0.717, 1.165) is 26.7 Å². The van der Waals surface area contributed by atoms with E-state index >= 15 is 0 Å². The van der Waals surface area contributed by atoms with Gasteiger partial charge in [-0.2, -0.15) is 0 Å². The molecule has 1 aliphatic rings. The fraction of sp³-hybridized carbons (Fsp3) is 0.154. The van der Waals surface area contributed by atoms with Crippen molar-refractivity contribution < 1.29 is 19.0 Å². The Morgan fingerprint density at radius 2 is 1.72 bits per heavy atom. The highest BCUT2D eigenvalue weighted by molar-refractivity contribution is 9.10. The van der Waals surface area contributed by atoms with Crippen molar-refractivity contribution in [2.45, 2.75) is 20.5 Å². The lowest BCUT2D eigenvalue weighted by Crippen LogP contribution is -2.05. The van der Waals surface area contributed by atoms with Crippen LogP contribution in [0.3, 0.4) is 0 Å². The van der Waals surface area contributed by atoms with Crippen LogP contribution in [-0.4, -0.2) is 18.5 Å². The van der Waals surface area contributed by atoms with E-state index in [0.29, 0.717) is 30.6 Å². The predicted molar refractivity (Wildman–Crippen MR) is 128 cm³/mol. The molecule has 0 aromatic heterocycles. The van der Waals surface area contributed by atoms with Gasteiger partial charge in [-0.15, -0.1) is 0 Å². The lowest BCUT2D eigenvalue weighted by atomic mass is 10.1. The van der Waals surface area contributed by atoms with E-state index in [1.165, 1.54) is 0 Å². The summed E-state index contributed by atoms with van der Waals surface area (Å²) in [5, 5.41) is 0. The minimum Gasteiger partial charge on any atom is -0.490 e. The van der Waals surface area contributed by atoms with Gasteiger partial charge in [0.2, 0.25) is 5.90 Å². The summed E-state index contributed by atoms with van der Waals surface area (Å²) in [5.41, 5.74) is 3.95. The Balaban J connectivity index is 1.54. The molecule has 162 valence electrons. The molecular formula is C26H22BrNO4. The summed E-state index contributed by atoms with van der Waals surface area (Å²) in [6.45, 7) is 4.83. The molecule has 0 spiro atoms. The summed E-state index contributed by atoms with van der Waals surface area (Å²) in [6.07, 6.45) is 1.69. The fourth-order valence-electron chi connectivity index (χ4n) is 3.13. The second-order valence-corrected chi connectivity index (χ2v) is 8.17. The van der Waals surface area contributed by atoms with Crippen LogP contribution in [0.1, 0.15) is 29.2 Å². The van der Waals surface area contributed by atoms with Gasteiger partial charge in [0.25, 0.3) is 0 Å². The first kappa shape index (κ1) is 21.8. The molecule has 0 unspecified atom stereocenters. The van der Waals surface area contributed by atoms with Gasteiger partial charge >= 0.3 is 5.97 Å². The van der Waals surface area contributed by atoms with E-state index in [2.05, 4.69) is 20.9 Å². The third-order valence-electron chi connectivity index (χ3n) is 4.80. The second-order valence-electron chi connectivity index (χ2n) is 7.26. The number of hydrogen-bond acceptors (Lipinski definition) is 5. The molecule has 0 atom stereocenters. The van der Waals surface area contributed by atoms with E-state index in [9.17, 15) is 4.79 Å². The maximum atomic E-state index is 12.3. The van der Waals surface area contributed by atoms with Crippen LogP contribution >= 0.6 is 15.9 Å². The van der Waals surface area contributed by atoms with Crippen molar-refractivity contribution in [3.63, 3.8) is 0 Å². The molecule has 0 saturated heterocycles. The van der Waals surface area contributed by atoms with Gasteiger partial charge in [-0.25, -0.2) is 9.79 Å². The molecule has 32 heavy (non-hydrogen) atoms. The van der Waals surface area contributed by atoms with Crippen molar-refractivity contribution >= 4 is 33.9 Å². The Bertz CT molecular complexity index is 1180. The minimum atomic E-state index is -0.478. The number of aryl methyl sites for hydroxylation is 1. The van der Waals surface area contributed by atoms with Crippen LogP contribution in [0, 0.1) is 6.92 Å². The molecule has 5 nitrogen and oxygen atoms in total. The number of carbonyl (C=O) groups is 1. The van der Waals surface area contributed by atoms with Crippen molar-refractivity contribution in [1.29, 1.82) is 0 Å². The summed E-state index contributed by atoms with van der Waals surface area (Å²) in [6, 6.07) is 21.2. The normalized spacial score (nSPS) is 14.3. The molecule has 1 aliphatic heterocycles. The quantitative estimate of drug-likeness (QED) is 0.296. The SMILES string of the molecule is CCOc1cc(/C=C2\N=C(c3ccc(C)cc3)OC2=O)ccc1OCc1ccc(Br)cc1. The third-order valence-corrected chi connectivity index (χ3v) is 5.33. The van der Waals surface area contributed by atoms with Crippen LogP contribution in [0.25, 0.3) is 6.08 Å². The van der Waals surface area contributed by atoms with Gasteiger partial charge in [0.15, 0.2) is 17.2 Å². The second kappa shape index (κ2) is 9.83. The maximum absolute atomic E-state index is 12.3. The number of ether oxygens (including phenoxy) is 3. The standard InChI is InChI=1S/C26H22BrNO4/c1-3-30-24-15-19(8-13-23(24)31-16-18-6-11-21(27)12-7-18)14-22-26(29)32-25(28-22)20-9-4-17(2)5-10-20/h4-15H,3,16H2,1-2H3/b22-14-. The molecule has 3 aromatic rings. The maximum Gasteiger partial charge on any atom is 0.363 e. The predicted octanol–water partition coefficient (Wildman–Crippen LogP) is 6.08. The average Bonchev–Trinajstić information content (AvgIpc) is 3.15. The molecular weight excluding hydrogens is 470 g/mol. The molecule has 3 aromatic carbocycles. The summed E-state index contributed by atoms with van der Waals surface area (Å²) in [5.74, 6) is 1.07. The first-order valence-corrected chi connectivity index (χ1v) is 11.0. The summed E-state index contributed by atoms with van der Waals surface area (Å²) >= 11 is 3.43. The van der Waals surface area contributed by atoms with Gasteiger partial charge in [0.1, 0.15) is 6.61 Å². The lowest BCUT2D eigenvalue weighted by molar-refractivity contribution is -0.129. The first-order valence-electron chi connectivity index (χ1n) is 10.3. The molecule has 1 heterocycles. The van der Waals surface area contributed by atoms with Gasteiger partial charge in [-0.05, 0) is 67.4 Å². The number of rotatable bonds is 7. The lowest BCUT2D eigenvalue weighted by Gasteiger charge is -2.13. The third kappa shape index (κ3) is 5.26. The number of halogens is 1. The number of cyclic esters (lactones) is 1. The Morgan fingerprint density at radius 1 is 0.969 bits per heavy atom. The molecule has 4 rings (SSSR count). The van der Waals surface area contributed by atoms with Crippen LogP contribution in [0.4, 0.5) is 0 Å². The summed E-state index contributed by atoms with van der Waals surface area (Å²) < 4.78 is 18.1. The Hall–Kier alpha value is -3.38. The zero-order chi connectivity index (χ0) is 22.5. The number of esters is 1. The number of carbonyl (C=O) groups excluding carboxylic acids is 1. The van der Waals surface area contributed by atoms with Crippen molar-refractivity contribution in [2.75, 3.05) is 6.61 Å². The van der Waals surface area contributed by atoms with E-state index in [4.69, 9.17) is 14.2 Å². The van der Waals surface area contributed by atoms with Gasteiger partial charge in [0, 0.05) is 10.0 Å². The van der Waals surface area contributed by atoms with Gasteiger partial charge in [-0.3, -0.25) is 0 Å². The van der Waals surface area contributed by atoms with Crippen LogP contribution in [0.15, 0.2) is 81.9 Å². The van der Waals surface area contributed by atoms with Crippen LogP contribution < -0.4 is 9.47 Å².